The summed E-state index contributed by atoms with van der Waals surface area (Å²) in [5, 5.41) is 29.4. The molecule has 0 bridgehead atoms. The van der Waals surface area contributed by atoms with Crippen LogP contribution in [0.4, 0.5) is 0 Å². The first-order chi connectivity index (χ1) is 9.89. The van der Waals surface area contributed by atoms with Crippen molar-refractivity contribution in [2.24, 2.45) is 0 Å². The van der Waals surface area contributed by atoms with Gasteiger partial charge in [-0.05, 0) is 6.92 Å². The van der Waals surface area contributed by atoms with Gasteiger partial charge in [0.25, 0.3) is 0 Å². The van der Waals surface area contributed by atoms with Gasteiger partial charge in [0, 0.05) is 0 Å². The van der Waals surface area contributed by atoms with E-state index in [9.17, 15) is 15.3 Å². The predicted octanol–water partition coefficient (Wildman–Crippen LogP) is -0.874. The molecule has 0 amide bonds. The summed E-state index contributed by atoms with van der Waals surface area (Å²) in [5.41, 5.74) is -2.27. The lowest BCUT2D eigenvalue weighted by molar-refractivity contribution is -0.170. The molecule has 3 rings (SSSR count). The van der Waals surface area contributed by atoms with Crippen LogP contribution in [0.3, 0.4) is 0 Å². The maximum Gasteiger partial charge on any atom is 0.319 e. The number of rotatable bonds is 3. The van der Waals surface area contributed by atoms with E-state index in [0.29, 0.717) is 11.2 Å². The lowest BCUT2D eigenvalue weighted by atomic mass is 9.97. The zero-order valence-electron chi connectivity index (χ0n) is 10.8. The number of halogens is 1. The number of hydrogen-bond donors (Lipinski definition) is 4. The van der Waals surface area contributed by atoms with Crippen molar-refractivity contribution >= 4 is 22.8 Å². The number of aromatic nitrogens is 4. The van der Waals surface area contributed by atoms with Gasteiger partial charge < -0.3 is 29.8 Å². The van der Waals surface area contributed by atoms with Gasteiger partial charge in [-0.25, -0.2) is 9.97 Å². The maximum atomic E-state index is 10.2. The molecule has 5 atom stereocenters. The Morgan fingerprint density at radius 3 is 3.00 bits per heavy atom. The van der Waals surface area contributed by atoms with E-state index in [4.69, 9.17) is 21.1 Å². The SMILES string of the molecule is C[C@@]1(O)[C@H](O)O[C@H](C(O)Cl)[C@H]1Oc1ncc2[nH]cnc2n1. The first-order valence-electron chi connectivity index (χ1n) is 6.10. The first kappa shape index (κ1) is 14.4. The normalized spacial score (nSPS) is 34.2. The number of imidazole rings is 1. The summed E-state index contributed by atoms with van der Waals surface area (Å²) < 4.78 is 10.5. The summed E-state index contributed by atoms with van der Waals surface area (Å²) in [5.74, 6) is 0. The van der Waals surface area contributed by atoms with Crippen LogP contribution in [0.15, 0.2) is 12.5 Å². The lowest BCUT2D eigenvalue weighted by Gasteiger charge is -2.27. The van der Waals surface area contributed by atoms with Crippen LogP contribution in [0.25, 0.3) is 11.2 Å². The van der Waals surface area contributed by atoms with Crippen molar-refractivity contribution in [3.63, 3.8) is 0 Å². The molecule has 2 aromatic rings. The molecule has 1 saturated heterocycles. The van der Waals surface area contributed by atoms with Gasteiger partial charge >= 0.3 is 6.01 Å². The number of alkyl halides is 1. The van der Waals surface area contributed by atoms with Crippen molar-refractivity contribution in [2.45, 2.75) is 36.6 Å². The van der Waals surface area contributed by atoms with Gasteiger partial charge in [-0.3, -0.25) is 0 Å². The third kappa shape index (κ3) is 2.43. The number of hydrogen-bond acceptors (Lipinski definition) is 8. The minimum Gasteiger partial charge on any atom is -0.454 e. The quantitative estimate of drug-likeness (QED) is 0.537. The monoisotopic (exact) mass is 316 g/mol. The van der Waals surface area contributed by atoms with Crippen LogP contribution in [0.1, 0.15) is 6.92 Å². The van der Waals surface area contributed by atoms with Crippen molar-refractivity contribution in [1.82, 2.24) is 19.9 Å². The van der Waals surface area contributed by atoms with E-state index in [1.54, 1.807) is 0 Å². The second-order valence-electron chi connectivity index (χ2n) is 4.88. The molecule has 0 aliphatic carbocycles. The highest BCUT2D eigenvalue weighted by Crippen LogP contribution is 2.34. The molecule has 114 valence electrons. The molecule has 2 aromatic heterocycles. The van der Waals surface area contributed by atoms with Crippen molar-refractivity contribution < 1.29 is 24.8 Å². The summed E-state index contributed by atoms with van der Waals surface area (Å²) in [6.07, 6.45) is -0.952. The number of nitrogens with zero attached hydrogens (tertiary/aromatic N) is 3. The van der Waals surface area contributed by atoms with Crippen LogP contribution in [-0.2, 0) is 4.74 Å². The van der Waals surface area contributed by atoms with Crippen LogP contribution in [0.2, 0.25) is 0 Å². The van der Waals surface area contributed by atoms with Gasteiger partial charge in [0.15, 0.2) is 29.2 Å². The third-order valence-electron chi connectivity index (χ3n) is 3.32. The van der Waals surface area contributed by atoms with Gasteiger partial charge in [-0.2, -0.15) is 4.98 Å². The Balaban J connectivity index is 1.89. The van der Waals surface area contributed by atoms with Crippen LogP contribution >= 0.6 is 11.6 Å². The van der Waals surface area contributed by atoms with Crippen molar-refractivity contribution in [3.05, 3.63) is 12.5 Å². The van der Waals surface area contributed by atoms with Crippen LogP contribution < -0.4 is 4.74 Å². The molecule has 10 heteroatoms. The van der Waals surface area contributed by atoms with Crippen LogP contribution in [0, 0.1) is 0 Å². The Bertz CT molecular complexity index is 648. The Morgan fingerprint density at radius 1 is 1.52 bits per heavy atom. The number of nitrogens with one attached hydrogen (secondary N) is 1. The molecule has 0 spiro atoms. The summed E-state index contributed by atoms with van der Waals surface area (Å²) >= 11 is 5.59. The number of fused-ring (bicyclic) bond motifs is 1. The number of ether oxygens (including phenoxy) is 2. The molecule has 1 aliphatic rings. The number of aliphatic hydroxyl groups excluding tert-OH is 2. The van der Waals surface area contributed by atoms with E-state index in [1.807, 2.05) is 0 Å². The second-order valence-corrected chi connectivity index (χ2v) is 5.33. The molecule has 21 heavy (non-hydrogen) atoms. The molecule has 3 heterocycles. The number of H-pyrrole nitrogens is 1. The van der Waals surface area contributed by atoms with E-state index in [-0.39, 0.29) is 6.01 Å². The molecule has 9 nitrogen and oxygen atoms in total. The molecule has 1 unspecified atom stereocenters. The summed E-state index contributed by atoms with van der Waals surface area (Å²) in [6.45, 7) is 1.30. The minimum absolute atomic E-state index is 0.0834. The Hall–Kier alpha value is -1.52. The van der Waals surface area contributed by atoms with E-state index in [1.165, 1.54) is 19.4 Å². The van der Waals surface area contributed by atoms with Gasteiger partial charge in [0.2, 0.25) is 0 Å². The minimum atomic E-state index is -1.79. The molecular formula is C11H13ClN4O5. The highest BCUT2D eigenvalue weighted by atomic mass is 35.5. The van der Waals surface area contributed by atoms with E-state index in [2.05, 4.69) is 19.9 Å². The summed E-state index contributed by atoms with van der Waals surface area (Å²) in [6, 6.07) is -0.0834. The molecule has 1 fully saturated rings. The third-order valence-corrected chi connectivity index (χ3v) is 3.57. The molecule has 4 N–H and O–H groups in total. The summed E-state index contributed by atoms with van der Waals surface area (Å²) in [7, 11) is 0. The van der Waals surface area contributed by atoms with E-state index < -0.39 is 29.7 Å². The lowest BCUT2D eigenvalue weighted by Crippen LogP contribution is -2.50. The number of aliphatic hydroxyl groups is 3. The van der Waals surface area contributed by atoms with Gasteiger partial charge in [0.1, 0.15) is 11.6 Å². The average Bonchev–Trinajstić information content (AvgIpc) is 2.96. The zero-order valence-corrected chi connectivity index (χ0v) is 11.6. The van der Waals surface area contributed by atoms with Gasteiger partial charge in [0.05, 0.1) is 12.5 Å². The zero-order chi connectivity index (χ0) is 15.2. The highest BCUT2D eigenvalue weighted by Gasteiger charge is 2.56. The largest absolute Gasteiger partial charge is 0.454 e. The molecule has 0 aromatic carbocycles. The predicted molar refractivity (Wildman–Crippen MR) is 69.5 cm³/mol. The molecular weight excluding hydrogens is 304 g/mol. The van der Waals surface area contributed by atoms with Crippen molar-refractivity contribution in [1.29, 1.82) is 0 Å². The van der Waals surface area contributed by atoms with Gasteiger partial charge in [-0.1, -0.05) is 11.6 Å². The highest BCUT2D eigenvalue weighted by molar-refractivity contribution is 6.19. The van der Waals surface area contributed by atoms with Crippen LogP contribution in [-0.4, -0.2) is 64.9 Å². The Morgan fingerprint density at radius 2 is 2.29 bits per heavy atom. The average molecular weight is 317 g/mol. The fraction of sp³-hybridized carbons (Fsp3) is 0.545. The first-order valence-corrected chi connectivity index (χ1v) is 6.54. The second kappa shape index (κ2) is 5.04. The standard InChI is InChI=1S/C11H13ClN4O5/c1-11(19)6(5(7(12)17)20-9(11)18)21-10-13-2-4-8(16-10)15-3-14-4/h2-3,5-7,9,17-19H,1H3,(H,13,14,15,16)/t5-,6+,7?,9+,11-/m0/s1. The Labute approximate surface area is 123 Å². The Kier molecular flexibility index (Phi) is 3.46. The maximum absolute atomic E-state index is 10.2. The summed E-state index contributed by atoms with van der Waals surface area (Å²) in [4.78, 5) is 14.8. The number of aromatic amines is 1. The molecule has 0 saturated carbocycles. The van der Waals surface area contributed by atoms with E-state index >= 15 is 0 Å². The topological polar surface area (TPSA) is 134 Å². The van der Waals surface area contributed by atoms with Gasteiger partial charge in [-0.15, -0.1) is 0 Å². The van der Waals surface area contributed by atoms with Crippen molar-refractivity contribution in [3.8, 4) is 6.01 Å². The van der Waals surface area contributed by atoms with Crippen LogP contribution in [0.5, 0.6) is 6.01 Å². The smallest absolute Gasteiger partial charge is 0.319 e. The van der Waals surface area contributed by atoms with Crippen molar-refractivity contribution in [2.75, 3.05) is 0 Å². The molecule has 0 radical (unpaired) electrons. The molecule has 1 aliphatic heterocycles. The van der Waals surface area contributed by atoms with E-state index in [0.717, 1.165) is 0 Å². The fourth-order valence-corrected chi connectivity index (χ4v) is 2.31. The fourth-order valence-electron chi connectivity index (χ4n) is 2.12.